The van der Waals surface area contributed by atoms with Gasteiger partial charge in [-0.3, -0.25) is 25.1 Å². The lowest BCUT2D eigenvalue weighted by Crippen LogP contribution is -2.23. The van der Waals surface area contributed by atoms with Crippen molar-refractivity contribution in [3.8, 4) is 0 Å². The lowest BCUT2D eigenvalue weighted by molar-refractivity contribution is 0.0945. The van der Waals surface area contributed by atoms with Crippen LogP contribution in [0.1, 0.15) is 21.9 Å². The van der Waals surface area contributed by atoms with E-state index in [1.54, 1.807) is 35.3 Å². The number of carbonyl (C=O) groups excluding carboxylic acids is 1. The number of amides is 1. The van der Waals surface area contributed by atoms with Gasteiger partial charge in [0.05, 0.1) is 29.4 Å². The fourth-order valence-corrected chi connectivity index (χ4v) is 3.22. The van der Waals surface area contributed by atoms with Gasteiger partial charge in [-0.25, -0.2) is 14.0 Å². The minimum absolute atomic E-state index is 0.0565. The summed E-state index contributed by atoms with van der Waals surface area (Å²) in [5.41, 5.74) is 3.30. The van der Waals surface area contributed by atoms with E-state index in [4.69, 9.17) is 4.63 Å². The molecule has 0 bridgehead atoms. The Hall–Kier alpha value is -4.24. The first-order valence-corrected chi connectivity index (χ1v) is 10.9. The molecule has 180 valence electrons. The van der Waals surface area contributed by atoms with Crippen LogP contribution in [0.2, 0.25) is 0 Å². The van der Waals surface area contributed by atoms with Gasteiger partial charge in [-0.1, -0.05) is 11.3 Å². The molecule has 0 atom stereocenters. The molecule has 0 saturated carbocycles. The number of benzene rings is 1. The Bertz CT molecular complexity index is 1330. The highest BCUT2D eigenvalue weighted by molar-refractivity contribution is 9.10. The summed E-state index contributed by atoms with van der Waals surface area (Å²) < 4.78 is 20.0. The topological polar surface area (TPSA) is 168 Å². The molecular weight excluding hydrogens is 527 g/mol. The molecule has 0 radical (unpaired) electrons. The Balaban J connectivity index is 1.32. The maximum Gasteiger partial charge on any atom is 0.270 e. The number of hydrogen-bond acceptors (Lipinski definition) is 10. The number of halogens is 2. The number of nitrogens with zero attached hydrogens (tertiary/aromatic N) is 7. The van der Waals surface area contributed by atoms with Crippen molar-refractivity contribution in [2.75, 3.05) is 11.9 Å². The third kappa shape index (κ3) is 6.21. The number of rotatable bonds is 9. The van der Waals surface area contributed by atoms with Crippen LogP contribution in [-0.4, -0.2) is 53.8 Å². The number of hydrogen-bond donors (Lipinski definition) is 4. The normalized spacial score (nSPS) is 11.3. The van der Waals surface area contributed by atoms with Crippen LogP contribution in [0.4, 0.5) is 15.9 Å². The van der Waals surface area contributed by atoms with E-state index in [0.717, 1.165) is 0 Å². The first kappa shape index (κ1) is 23.9. The van der Waals surface area contributed by atoms with Gasteiger partial charge in [0.1, 0.15) is 17.2 Å². The molecule has 0 fully saturated rings. The number of aliphatic imine (C=N–C) groups is 1. The van der Waals surface area contributed by atoms with Crippen molar-refractivity contribution >= 4 is 39.2 Å². The minimum Gasteiger partial charge on any atom is -0.363 e. The molecule has 0 aliphatic heterocycles. The van der Waals surface area contributed by atoms with Crippen LogP contribution in [0, 0.1) is 5.82 Å². The van der Waals surface area contributed by atoms with Gasteiger partial charge < -0.3 is 10.6 Å². The molecule has 1 aromatic carbocycles. The van der Waals surface area contributed by atoms with Crippen LogP contribution in [0.5, 0.6) is 0 Å². The van der Waals surface area contributed by atoms with E-state index in [1.165, 1.54) is 18.2 Å². The largest absolute Gasteiger partial charge is 0.363 e. The second kappa shape index (κ2) is 11.3. The number of nitrogens with one attached hydrogen (secondary N) is 3. The van der Waals surface area contributed by atoms with Gasteiger partial charge in [-0.2, -0.15) is 0 Å². The second-order valence-electron chi connectivity index (χ2n) is 6.93. The second-order valence-corrected chi connectivity index (χ2v) is 7.78. The highest BCUT2D eigenvalue weighted by atomic mass is 79.9. The highest BCUT2D eigenvalue weighted by Gasteiger charge is 2.17. The summed E-state index contributed by atoms with van der Waals surface area (Å²) in [6.45, 7) is 0.949. The summed E-state index contributed by atoms with van der Waals surface area (Å²) in [5, 5.41) is 30.8. The highest BCUT2D eigenvalue weighted by Crippen LogP contribution is 2.23. The van der Waals surface area contributed by atoms with E-state index < -0.39 is 5.82 Å². The number of amidine groups is 1. The van der Waals surface area contributed by atoms with E-state index in [1.807, 2.05) is 5.48 Å². The van der Waals surface area contributed by atoms with Gasteiger partial charge >= 0.3 is 0 Å². The van der Waals surface area contributed by atoms with Crippen molar-refractivity contribution in [2.24, 2.45) is 4.99 Å². The van der Waals surface area contributed by atoms with Crippen LogP contribution in [0.15, 0.2) is 62.9 Å². The molecule has 4 rings (SSSR count). The SMILES string of the molecule is O=C(NCc1cn(CCNc2nonc2C(=Nc2ccc(F)c(Br)c2)NO)nn1)c1ccccn1. The molecule has 0 unspecified atom stereocenters. The van der Waals surface area contributed by atoms with E-state index in [9.17, 15) is 14.4 Å². The zero-order valence-electron chi connectivity index (χ0n) is 17.9. The molecule has 15 heteroatoms. The first-order valence-electron chi connectivity index (χ1n) is 10.1. The number of aromatic nitrogens is 6. The van der Waals surface area contributed by atoms with Crippen LogP contribution in [0.25, 0.3) is 0 Å². The smallest absolute Gasteiger partial charge is 0.270 e. The molecule has 4 N–H and O–H groups in total. The van der Waals surface area contributed by atoms with Gasteiger partial charge in [0.15, 0.2) is 11.5 Å². The molecule has 0 saturated heterocycles. The maximum atomic E-state index is 13.4. The first-order chi connectivity index (χ1) is 17.0. The van der Waals surface area contributed by atoms with Gasteiger partial charge in [0, 0.05) is 12.7 Å². The van der Waals surface area contributed by atoms with Crippen molar-refractivity contribution in [1.29, 1.82) is 0 Å². The summed E-state index contributed by atoms with van der Waals surface area (Å²) in [7, 11) is 0. The maximum absolute atomic E-state index is 13.4. The van der Waals surface area contributed by atoms with Crippen LogP contribution in [-0.2, 0) is 13.1 Å². The lowest BCUT2D eigenvalue weighted by atomic mass is 10.3. The average molecular weight is 545 g/mol. The van der Waals surface area contributed by atoms with E-state index in [0.29, 0.717) is 30.2 Å². The van der Waals surface area contributed by atoms with Gasteiger partial charge in [-0.15, -0.1) is 5.10 Å². The standard InChI is InChI=1S/C20H18BrFN10O3/c21-14-9-12(4-5-15(14)22)26-19(28-34)17-18(30-35-29-17)24-7-8-32-11-13(27-31-32)10-25-20(33)16-3-1-2-6-23-16/h1-6,9,11,34H,7-8,10H2,(H,24,30)(H,25,33)(H,26,28). The summed E-state index contributed by atoms with van der Waals surface area (Å²) in [5.74, 6) is -0.594. The Morgan fingerprint density at radius 2 is 2.14 bits per heavy atom. The predicted molar refractivity (Wildman–Crippen MR) is 123 cm³/mol. The summed E-state index contributed by atoms with van der Waals surface area (Å²) in [6.07, 6.45) is 3.23. The molecule has 3 aromatic heterocycles. The van der Waals surface area contributed by atoms with Crippen LogP contribution >= 0.6 is 15.9 Å². The number of hydroxylamine groups is 1. The van der Waals surface area contributed by atoms with E-state index >= 15 is 0 Å². The fourth-order valence-electron chi connectivity index (χ4n) is 2.85. The summed E-state index contributed by atoms with van der Waals surface area (Å²) >= 11 is 3.08. The lowest BCUT2D eigenvalue weighted by Gasteiger charge is -2.06. The molecule has 0 spiro atoms. The van der Waals surface area contributed by atoms with Crippen molar-refractivity contribution in [3.63, 3.8) is 0 Å². The van der Waals surface area contributed by atoms with Crippen molar-refractivity contribution in [2.45, 2.75) is 13.1 Å². The number of carbonyl (C=O) groups is 1. The zero-order chi connectivity index (χ0) is 24.6. The molecule has 3 heterocycles. The molecule has 0 aliphatic rings. The molecule has 35 heavy (non-hydrogen) atoms. The average Bonchev–Trinajstić information content (AvgIpc) is 3.53. The summed E-state index contributed by atoms with van der Waals surface area (Å²) in [4.78, 5) is 20.3. The minimum atomic E-state index is -0.445. The summed E-state index contributed by atoms with van der Waals surface area (Å²) in [6, 6.07) is 9.18. The Morgan fingerprint density at radius 1 is 1.26 bits per heavy atom. The quantitative estimate of drug-likeness (QED) is 0.139. The monoisotopic (exact) mass is 544 g/mol. The van der Waals surface area contributed by atoms with E-state index in [-0.39, 0.29) is 34.3 Å². The zero-order valence-corrected chi connectivity index (χ0v) is 19.5. The molecular formula is C20H18BrFN10O3. The number of pyridine rings is 1. The molecule has 13 nitrogen and oxygen atoms in total. The molecule has 1 amide bonds. The van der Waals surface area contributed by atoms with Crippen LogP contribution < -0.4 is 16.1 Å². The Morgan fingerprint density at radius 3 is 2.91 bits per heavy atom. The van der Waals surface area contributed by atoms with Crippen molar-refractivity contribution in [3.05, 3.63) is 76.2 Å². The van der Waals surface area contributed by atoms with Crippen molar-refractivity contribution in [1.82, 2.24) is 41.1 Å². The molecule has 4 aromatic rings. The third-order valence-electron chi connectivity index (χ3n) is 4.51. The Kier molecular flexibility index (Phi) is 7.69. The molecule has 0 aliphatic carbocycles. The van der Waals surface area contributed by atoms with E-state index in [2.05, 4.69) is 57.2 Å². The number of anilines is 1. The third-order valence-corrected chi connectivity index (χ3v) is 5.12. The fraction of sp³-hybridized carbons (Fsp3) is 0.150. The predicted octanol–water partition coefficient (Wildman–Crippen LogP) is 2.06. The Labute approximate surface area is 205 Å². The van der Waals surface area contributed by atoms with Gasteiger partial charge in [0.25, 0.3) is 5.91 Å². The van der Waals surface area contributed by atoms with Gasteiger partial charge in [-0.05, 0) is 56.6 Å². The van der Waals surface area contributed by atoms with Crippen LogP contribution in [0.3, 0.4) is 0 Å². The van der Waals surface area contributed by atoms with Gasteiger partial charge in [0.2, 0.25) is 5.82 Å². The van der Waals surface area contributed by atoms with Crippen molar-refractivity contribution < 1.29 is 19.0 Å².